The Hall–Kier alpha value is -7.16. The highest BCUT2D eigenvalue weighted by Crippen LogP contribution is 2.45. The maximum absolute atomic E-state index is 6.32. The number of fused-ring (bicyclic) bond motifs is 9. The molecule has 2 heteroatoms. The van der Waals surface area contributed by atoms with Gasteiger partial charge in [-0.1, -0.05) is 158 Å². The second-order valence-electron chi connectivity index (χ2n) is 14.1. The number of nitrogens with zero attached hydrogens (tertiary/aromatic N) is 1. The molecule has 0 amide bonds. The summed E-state index contributed by atoms with van der Waals surface area (Å²) < 4.78 is 6.32. The summed E-state index contributed by atoms with van der Waals surface area (Å²) in [4.78, 5) is 2.42. The van der Waals surface area contributed by atoms with Crippen LogP contribution in [0.1, 0.15) is 0 Å². The second-order valence-corrected chi connectivity index (χ2v) is 14.1. The van der Waals surface area contributed by atoms with Crippen LogP contribution in [0, 0.1) is 0 Å². The molecule has 10 aromatic carbocycles. The number of rotatable bonds is 5. The highest BCUT2D eigenvalue weighted by molar-refractivity contribution is 6.22. The Morgan fingerprint density at radius 3 is 1.87 bits per heavy atom. The SMILES string of the molecule is c1ccc(-c2ccccc2N(c2ccc(-c3cccc4c3ccc3ccc5ccccc5c34)cc2)c2cccc3cc4oc5ccccc5c4cc23)cc1. The fourth-order valence-corrected chi connectivity index (χ4v) is 8.52. The third-order valence-corrected chi connectivity index (χ3v) is 11.0. The van der Waals surface area contributed by atoms with E-state index in [1.165, 1.54) is 54.6 Å². The summed E-state index contributed by atoms with van der Waals surface area (Å²) in [5.74, 6) is 0. The predicted octanol–water partition coefficient (Wildman–Crippen LogP) is 15.0. The minimum Gasteiger partial charge on any atom is -0.456 e. The van der Waals surface area contributed by atoms with Gasteiger partial charge in [0.15, 0.2) is 0 Å². The van der Waals surface area contributed by atoms with Crippen molar-refractivity contribution in [3.63, 3.8) is 0 Å². The van der Waals surface area contributed by atoms with E-state index in [1.54, 1.807) is 0 Å². The molecule has 0 N–H and O–H groups in total. The van der Waals surface area contributed by atoms with Crippen molar-refractivity contribution in [1.82, 2.24) is 0 Å². The molecular weight excluding hydrogens is 655 g/mol. The van der Waals surface area contributed by atoms with Crippen LogP contribution in [0.2, 0.25) is 0 Å². The van der Waals surface area contributed by atoms with Crippen LogP contribution in [0.5, 0.6) is 0 Å². The van der Waals surface area contributed by atoms with E-state index >= 15 is 0 Å². The molecule has 252 valence electrons. The van der Waals surface area contributed by atoms with Gasteiger partial charge >= 0.3 is 0 Å². The van der Waals surface area contributed by atoms with Crippen LogP contribution >= 0.6 is 0 Å². The van der Waals surface area contributed by atoms with Gasteiger partial charge in [0.2, 0.25) is 0 Å². The maximum Gasteiger partial charge on any atom is 0.136 e. The van der Waals surface area contributed by atoms with Crippen molar-refractivity contribution < 1.29 is 4.42 Å². The van der Waals surface area contributed by atoms with Crippen molar-refractivity contribution >= 4 is 82.1 Å². The zero-order chi connectivity index (χ0) is 35.6. The van der Waals surface area contributed by atoms with Gasteiger partial charge in [0.05, 0.1) is 11.4 Å². The van der Waals surface area contributed by atoms with Crippen LogP contribution in [0.4, 0.5) is 17.1 Å². The summed E-state index contributed by atoms with van der Waals surface area (Å²) in [5.41, 5.74) is 9.87. The Bertz CT molecular complexity index is 3210. The molecule has 0 unspecified atom stereocenters. The van der Waals surface area contributed by atoms with Crippen molar-refractivity contribution in [3.05, 3.63) is 200 Å². The molecule has 1 aromatic heterocycles. The Balaban J connectivity index is 1.12. The molecule has 0 saturated heterocycles. The molecule has 0 fully saturated rings. The lowest BCUT2D eigenvalue weighted by atomic mass is 9.92. The van der Waals surface area contributed by atoms with Crippen molar-refractivity contribution in [1.29, 1.82) is 0 Å². The summed E-state index contributed by atoms with van der Waals surface area (Å²) in [6.45, 7) is 0. The van der Waals surface area contributed by atoms with E-state index in [0.717, 1.165) is 49.8 Å². The average molecular weight is 688 g/mol. The molecule has 0 aliphatic carbocycles. The zero-order valence-corrected chi connectivity index (χ0v) is 29.4. The van der Waals surface area contributed by atoms with E-state index in [0.29, 0.717) is 0 Å². The molecule has 11 aromatic rings. The lowest BCUT2D eigenvalue weighted by Crippen LogP contribution is -2.11. The quantitative estimate of drug-likeness (QED) is 0.168. The molecule has 2 nitrogen and oxygen atoms in total. The molecule has 0 aliphatic rings. The number of hydrogen-bond acceptors (Lipinski definition) is 2. The molecule has 0 spiro atoms. The Morgan fingerprint density at radius 2 is 0.963 bits per heavy atom. The summed E-state index contributed by atoms with van der Waals surface area (Å²) in [6, 6.07) is 72.4. The maximum atomic E-state index is 6.32. The van der Waals surface area contributed by atoms with Gasteiger partial charge < -0.3 is 9.32 Å². The number of hydrogen-bond donors (Lipinski definition) is 0. The van der Waals surface area contributed by atoms with E-state index < -0.39 is 0 Å². The predicted molar refractivity (Wildman–Crippen MR) is 229 cm³/mol. The lowest BCUT2D eigenvalue weighted by molar-refractivity contribution is 0.669. The number of furan rings is 1. The molecule has 0 bridgehead atoms. The molecule has 54 heavy (non-hydrogen) atoms. The molecule has 0 radical (unpaired) electrons. The van der Waals surface area contributed by atoms with Crippen LogP contribution in [-0.4, -0.2) is 0 Å². The van der Waals surface area contributed by atoms with E-state index in [4.69, 9.17) is 4.42 Å². The van der Waals surface area contributed by atoms with E-state index in [9.17, 15) is 0 Å². The molecule has 0 aliphatic heterocycles. The van der Waals surface area contributed by atoms with Gasteiger partial charge in [-0.3, -0.25) is 0 Å². The van der Waals surface area contributed by atoms with Crippen LogP contribution in [0.15, 0.2) is 205 Å². The Kier molecular flexibility index (Phi) is 6.90. The van der Waals surface area contributed by atoms with Gasteiger partial charge in [-0.2, -0.15) is 0 Å². The summed E-state index contributed by atoms with van der Waals surface area (Å²) in [6.07, 6.45) is 0. The van der Waals surface area contributed by atoms with Gasteiger partial charge in [0.1, 0.15) is 11.2 Å². The minimum absolute atomic E-state index is 0.900. The van der Waals surface area contributed by atoms with Gasteiger partial charge in [0, 0.05) is 27.4 Å². The van der Waals surface area contributed by atoms with E-state index in [2.05, 4.69) is 193 Å². The topological polar surface area (TPSA) is 16.4 Å². The largest absolute Gasteiger partial charge is 0.456 e. The number of anilines is 3. The average Bonchev–Trinajstić information content (AvgIpc) is 3.61. The smallest absolute Gasteiger partial charge is 0.136 e. The van der Waals surface area contributed by atoms with Crippen molar-refractivity contribution in [3.8, 4) is 22.3 Å². The second kappa shape index (κ2) is 12.2. The first-order valence-corrected chi connectivity index (χ1v) is 18.5. The fraction of sp³-hybridized carbons (Fsp3) is 0. The third kappa shape index (κ3) is 4.81. The minimum atomic E-state index is 0.900. The van der Waals surface area contributed by atoms with Crippen LogP contribution < -0.4 is 4.90 Å². The van der Waals surface area contributed by atoms with Gasteiger partial charge in [0.25, 0.3) is 0 Å². The first kappa shape index (κ1) is 30.5. The van der Waals surface area contributed by atoms with Gasteiger partial charge in [-0.15, -0.1) is 0 Å². The van der Waals surface area contributed by atoms with Gasteiger partial charge in [-0.25, -0.2) is 0 Å². The standard InChI is InChI=1S/C52H33NO/c1-2-12-34(13-3-1)41-16-6-8-21-48(41)53(49-22-10-15-38-32-51-47(33-46(38)49)44-18-7-9-23-50(44)54-51)39-29-26-36(27-30-39)40-19-11-20-45-43(40)31-28-37-25-24-35-14-4-5-17-42(35)52(37)45/h1-33H. The van der Waals surface area contributed by atoms with Crippen LogP contribution in [0.25, 0.3) is 87.3 Å². The van der Waals surface area contributed by atoms with Gasteiger partial charge in [-0.05, 0) is 96.9 Å². The lowest BCUT2D eigenvalue weighted by Gasteiger charge is -2.29. The zero-order valence-electron chi connectivity index (χ0n) is 29.4. The number of benzene rings is 10. The summed E-state index contributed by atoms with van der Waals surface area (Å²) in [7, 11) is 0. The van der Waals surface area contributed by atoms with Crippen LogP contribution in [0.3, 0.4) is 0 Å². The Morgan fingerprint density at radius 1 is 0.315 bits per heavy atom. The molecule has 11 rings (SSSR count). The first-order chi connectivity index (χ1) is 26.8. The summed E-state index contributed by atoms with van der Waals surface area (Å²) in [5, 5.41) is 12.2. The summed E-state index contributed by atoms with van der Waals surface area (Å²) >= 11 is 0. The fourth-order valence-electron chi connectivity index (χ4n) is 8.52. The van der Waals surface area contributed by atoms with E-state index in [-0.39, 0.29) is 0 Å². The van der Waals surface area contributed by atoms with Crippen molar-refractivity contribution in [2.24, 2.45) is 0 Å². The molecule has 1 heterocycles. The third-order valence-electron chi connectivity index (χ3n) is 11.0. The Labute approximate surface area is 312 Å². The normalized spacial score (nSPS) is 11.7. The molecular formula is C52H33NO. The van der Waals surface area contributed by atoms with E-state index in [1.807, 2.05) is 12.1 Å². The highest BCUT2D eigenvalue weighted by atomic mass is 16.3. The van der Waals surface area contributed by atoms with Crippen LogP contribution in [-0.2, 0) is 0 Å². The first-order valence-electron chi connectivity index (χ1n) is 18.5. The molecule has 0 saturated carbocycles. The van der Waals surface area contributed by atoms with Crippen molar-refractivity contribution in [2.75, 3.05) is 4.90 Å². The monoisotopic (exact) mass is 687 g/mol. The number of para-hydroxylation sites is 2. The highest BCUT2D eigenvalue weighted by Gasteiger charge is 2.21. The molecule has 0 atom stereocenters. The van der Waals surface area contributed by atoms with Crippen molar-refractivity contribution in [2.45, 2.75) is 0 Å².